The van der Waals surface area contributed by atoms with Gasteiger partial charge < -0.3 is 0 Å². The van der Waals surface area contributed by atoms with Crippen LogP contribution in [0.4, 0.5) is 0 Å². The van der Waals surface area contributed by atoms with Gasteiger partial charge in [0.15, 0.2) is 0 Å². The average molecular weight is 269 g/mol. The largest absolute Gasteiger partial charge is 0.261 e. The van der Waals surface area contributed by atoms with Crippen LogP contribution >= 0.6 is 10.7 Å². The molecule has 90 valence electrons. The van der Waals surface area contributed by atoms with Gasteiger partial charge in [0.2, 0.25) is 0 Å². The van der Waals surface area contributed by atoms with Gasteiger partial charge in [-0.3, -0.25) is 0 Å². The van der Waals surface area contributed by atoms with Gasteiger partial charge in [-0.05, 0) is 23.6 Å². The molecule has 0 amide bonds. The molecule has 0 spiro atoms. The van der Waals surface area contributed by atoms with E-state index >= 15 is 0 Å². The van der Waals surface area contributed by atoms with Crippen molar-refractivity contribution in [3.8, 4) is 11.1 Å². The summed E-state index contributed by atoms with van der Waals surface area (Å²) in [5.74, 6) is 0. The van der Waals surface area contributed by atoms with E-state index in [1.807, 2.05) is 24.3 Å². The fourth-order valence-corrected chi connectivity index (χ4v) is 3.14. The molecule has 0 aliphatic heterocycles. The van der Waals surface area contributed by atoms with E-state index in [2.05, 4.69) is 6.92 Å². The predicted octanol–water partition coefficient (Wildman–Crippen LogP) is 3.67. The Bertz CT molecular complexity index is 605. The molecule has 2 rings (SSSR count). The van der Waals surface area contributed by atoms with Crippen molar-refractivity contribution in [2.75, 3.05) is 0 Å². The highest BCUT2D eigenvalue weighted by molar-refractivity contribution is 8.13. The number of fused-ring (bicyclic) bond motifs is 1. The van der Waals surface area contributed by atoms with Crippen molar-refractivity contribution in [1.29, 1.82) is 0 Å². The molecule has 17 heavy (non-hydrogen) atoms. The predicted molar refractivity (Wildman–Crippen MR) is 70.1 cm³/mol. The first-order chi connectivity index (χ1) is 8.04. The molecule has 0 aromatic carbocycles. The second-order valence-corrected chi connectivity index (χ2v) is 6.49. The van der Waals surface area contributed by atoms with Crippen LogP contribution in [0.15, 0.2) is 41.3 Å². The van der Waals surface area contributed by atoms with Crippen LogP contribution in [0.5, 0.6) is 0 Å². The Hall–Kier alpha value is -1.06. The van der Waals surface area contributed by atoms with E-state index in [0.29, 0.717) is 5.56 Å². The topological polar surface area (TPSA) is 34.1 Å². The van der Waals surface area contributed by atoms with Gasteiger partial charge in [0, 0.05) is 16.2 Å². The molecule has 4 heteroatoms. The maximum atomic E-state index is 11.5. The first-order valence-electron chi connectivity index (χ1n) is 5.49. The van der Waals surface area contributed by atoms with Crippen molar-refractivity contribution in [1.82, 2.24) is 0 Å². The Labute approximate surface area is 106 Å². The molecule has 0 fully saturated rings. The normalized spacial score (nSPS) is 11.9. The van der Waals surface area contributed by atoms with Crippen molar-refractivity contribution < 1.29 is 8.42 Å². The molecule has 0 aromatic rings. The molecular formula is C13H13ClO2S. The number of halogens is 1. The molecule has 0 N–H and O–H groups in total. The molecule has 0 saturated carbocycles. The van der Waals surface area contributed by atoms with Crippen LogP contribution in [-0.4, -0.2) is 8.42 Å². The number of hydrogen-bond donors (Lipinski definition) is 0. The Kier molecular flexibility index (Phi) is 3.40. The third-order valence-corrected chi connectivity index (χ3v) is 4.10. The second-order valence-electron chi connectivity index (χ2n) is 3.96. The lowest BCUT2D eigenvalue weighted by atomic mass is 10.1. The van der Waals surface area contributed by atoms with Crippen LogP contribution < -0.4 is 0 Å². The molecule has 0 atom stereocenters. The molecule has 0 unspecified atom stereocenters. The molecule has 2 aliphatic carbocycles. The summed E-state index contributed by atoms with van der Waals surface area (Å²) in [5, 5.41) is 0. The second kappa shape index (κ2) is 4.67. The zero-order chi connectivity index (χ0) is 12.5. The van der Waals surface area contributed by atoms with Gasteiger partial charge in [0.1, 0.15) is 0 Å². The third-order valence-electron chi connectivity index (χ3n) is 2.74. The summed E-state index contributed by atoms with van der Waals surface area (Å²) in [6.07, 6.45) is 1.83. The number of hydrogen-bond acceptors (Lipinski definition) is 2. The molecule has 0 saturated heterocycles. The first-order valence-corrected chi connectivity index (χ1v) is 7.80. The van der Waals surface area contributed by atoms with E-state index in [-0.39, 0.29) is 4.90 Å². The lowest BCUT2D eigenvalue weighted by Crippen LogP contribution is -1.88. The Morgan fingerprint density at radius 3 is 2.35 bits per heavy atom. The molecular weight excluding hydrogens is 256 g/mol. The fraction of sp³-hybridized carbons (Fsp3) is 0.231. The van der Waals surface area contributed by atoms with Gasteiger partial charge in [-0.2, -0.15) is 0 Å². The highest BCUT2D eigenvalue weighted by atomic mass is 35.7. The molecule has 2 nitrogen and oxygen atoms in total. The summed E-state index contributed by atoms with van der Waals surface area (Å²) < 4.78 is 23.1. The summed E-state index contributed by atoms with van der Waals surface area (Å²) in [7, 11) is 1.78. The zero-order valence-electron chi connectivity index (χ0n) is 9.48. The summed E-state index contributed by atoms with van der Waals surface area (Å²) in [6.45, 7) is 2.07. The van der Waals surface area contributed by atoms with E-state index in [1.165, 1.54) is 0 Å². The van der Waals surface area contributed by atoms with Gasteiger partial charge in [-0.25, -0.2) is 8.42 Å². The van der Waals surface area contributed by atoms with Gasteiger partial charge in [-0.1, -0.05) is 43.7 Å². The van der Waals surface area contributed by atoms with Crippen molar-refractivity contribution in [2.24, 2.45) is 0 Å². The van der Waals surface area contributed by atoms with E-state index in [4.69, 9.17) is 10.7 Å². The fourth-order valence-electron chi connectivity index (χ4n) is 2.03. The number of rotatable bonds is 3. The lowest BCUT2D eigenvalue weighted by molar-refractivity contribution is 0.610. The van der Waals surface area contributed by atoms with Crippen LogP contribution in [0.3, 0.4) is 0 Å². The zero-order valence-corrected chi connectivity index (χ0v) is 11.1. The van der Waals surface area contributed by atoms with Gasteiger partial charge in [0.05, 0.1) is 4.90 Å². The van der Waals surface area contributed by atoms with Gasteiger partial charge in [-0.15, -0.1) is 0 Å². The van der Waals surface area contributed by atoms with Crippen molar-refractivity contribution in [3.63, 3.8) is 0 Å². The summed E-state index contributed by atoms with van der Waals surface area (Å²) >= 11 is 0. The van der Waals surface area contributed by atoms with Crippen molar-refractivity contribution >= 4 is 19.7 Å². The minimum Gasteiger partial charge on any atom is -0.207 e. The van der Waals surface area contributed by atoms with E-state index < -0.39 is 9.05 Å². The number of aryl methyl sites for hydroxylation is 1. The molecule has 0 heterocycles. The molecule has 0 bridgehead atoms. The van der Waals surface area contributed by atoms with Gasteiger partial charge >= 0.3 is 0 Å². The Morgan fingerprint density at radius 1 is 1.12 bits per heavy atom. The van der Waals surface area contributed by atoms with Crippen molar-refractivity contribution in [2.45, 2.75) is 24.7 Å². The first kappa shape index (κ1) is 12.4. The monoisotopic (exact) mass is 268 g/mol. The van der Waals surface area contributed by atoms with Crippen molar-refractivity contribution in [3.05, 3.63) is 42.0 Å². The minimum absolute atomic E-state index is 0.216. The maximum absolute atomic E-state index is 11.5. The molecule has 0 aromatic heterocycles. The average Bonchev–Trinajstić information content (AvgIpc) is 2.46. The summed E-state index contributed by atoms with van der Waals surface area (Å²) in [5.41, 5.74) is 2.71. The SMILES string of the molecule is CCCc1cc(S(=O)(=O)Cl)c2cccccc1-2. The van der Waals surface area contributed by atoms with Crippen LogP contribution in [0.25, 0.3) is 11.1 Å². The van der Waals surface area contributed by atoms with Crippen LogP contribution in [0, 0.1) is 0 Å². The Balaban J connectivity index is 2.73. The van der Waals surface area contributed by atoms with Crippen LogP contribution in [0.2, 0.25) is 0 Å². The molecule has 0 radical (unpaired) electrons. The van der Waals surface area contributed by atoms with Gasteiger partial charge in [0.25, 0.3) is 9.05 Å². The van der Waals surface area contributed by atoms with Crippen LogP contribution in [0.1, 0.15) is 18.9 Å². The maximum Gasteiger partial charge on any atom is 0.261 e. The minimum atomic E-state index is -3.68. The van der Waals surface area contributed by atoms with Crippen LogP contribution in [-0.2, 0) is 15.5 Å². The quantitative estimate of drug-likeness (QED) is 0.796. The summed E-state index contributed by atoms with van der Waals surface area (Å²) in [6, 6.07) is 11.0. The molecule has 2 aliphatic rings. The van der Waals surface area contributed by atoms with E-state index in [9.17, 15) is 8.42 Å². The lowest BCUT2D eigenvalue weighted by Gasteiger charge is -1.99. The smallest absolute Gasteiger partial charge is 0.207 e. The third kappa shape index (κ3) is 2.45. The Morgan fingerprint density at radius 2 is 1.76 bits per heavy atom. The highest BCUT2D eigenvalue weighted by Gasteiger charge is 2.22. The van der Waals surface area contributed by atoms with E-state index in [0.717, 1.165) is 24.0 Å². The van der Waals surface area contributed by atoms with E-state index in [1.54, 1.807) is 12.1 Å². The highest BCUT2D eigenvalue weighted by Crippen LogP contribution is 2.36. The summed E-state index contributed by atoms with van der Waals surface area (Å²) in [4.78, 5) is 0.216. The standard InChI is InChI=1S/C13H13ClO2S/c1-2-6-10-9-13(17(14,15)16)12-8-5-3-4-7-11(10)12/h3-5,7-9H,2,6H2,1H3.